The molecule has 1 amide bonds. The highest BCUT2D eigenvalue weighted by molar-refractivity contribution is 7.80. The van der Waals surface area contributed by atoms with E-state index in [2.05, 4.69) is 64.3 Å². The first-order valence-corrected chi connectivity index (χ1v) is 11.8. The van der Waals surface area contributed by atoms with Crippen molar-refractivity contribution >= 4 is 34.6 Å². The molecular formula is C26H31N5O2S. The Hall–Kier alpha value is -3.39. The number of nitrogens with zero attached hydrogens (tertiary/aromatic N) is 3. The fourth-order valence-corrected chi connectivity index (χ4v) is 4.49. The normalized spacial score (nSPS) is 18.0. The summed E-state index contributed by atoms with van der Waals surface area (Å²) >= 11 is 5.83. The lowest BCUT2D eigenvalue weighted by atomic mass is 9.98. The highest BCUT2D eigenvalue weighted by Gasteiger charge is 2.41. The zero-order chi connectivity index (χ0) is 24.5. The van der Waals surface area contributed by atoms with Crippen LogP contribution in [0.4, 0.5) is 11.4 Å². The smallest absolute Gasteiger partial charge is 0.224 e. The Morgan fingerprint density at radius 2 is 2.03 bits per heavy atom. The number of nitrogens with one attached hydrogen (secondary N) is 2. The Labute approximate surface area is 206 Å². The quantitative estimate of drug-likeness (QED) is 0.477. The molecule has 0 radical (unpaired) electrons. The van der Waals surface area contributed by atoms with Crippen LogP contribution in [0.5, 0.6) is 5.75 Å². The van der Waals surface area contributed by atoms with Crippen LogP contribution in [-0.2, 0) is 10.3 Å². The van der Waals surface area contributed by atoms with E-state index in [1.54, 1.807) is 13.3 Å². The molecule has 2 N–H and O–H groups in total. The van der Waals surface area contributed by atoms with Crippen molar-refractivity contribution in [3.05, 3.63) is 72.3 Å². The molecule has 1 aliphatic heterocycles. The molecular weight excluding hydrogens is 446 g/mol. The monoisotopic (exact) mass is 477 g/mol. The van der Waals surface area contributed by atoms with Crippen molar-refractivity contribution in [2.45, 2.75) is 51.7 Å². The first kappa shape index (κ1) is 23.8. The zero-order valence-electron chi connectivity index (χ0n) is 20.2. The fourth-order valence-electron chi connectivity index (χ4n) is 4.15. The van der Waals surface area contributed by atoms with Gasteiger partial charge in [0.2, 0.25) is 5.91 Å². The molecule has 3 aromatic rings. The largest absolute Gasteiger partial charge is 0.494 e. The Kier molecular flexibility index (Phi) is 6.61. The van der Waals surface area contributed by atoms with Gasteiger partial charge in [-0.2, -0.15) is 0 Å². The lowest BCUT2D eigenvalue weighted by molar-refractivity contribution is -0.115. The van der Waals surface area contributed by atoms with Gasteiger partial charge in [-0.05, 0) is 68.9 Å². The summed E-state index contributed by atoms with van der Waals surface area (Å²) in [7, 11) is 1.60. The Balaban J connectivity index is 1.79. The van der Waals surface area contributed by atoms with Gasteiger partial charge in [0.1, 0.15) is 5.75 Å². The van der Waals surface area contributed by atoms with E-state index in [4.69, 9.17) is 17.0 Å². The predicted octanol–water partition coefficient (Wildman–Crippen LogP) is 5.17. The Bertz CT molecular complexity index is 1190. The van der Waals surface area contributed by atoms with E-state index in [1.807, 2.05) is 43.3 Å². The summed E-state index contributed by atoms with van der Waals surface area (Å²) in [6.07, 6.45) is 6.47. The number of thiocarbonyl (C=S) groups is 1. The second kappa shape index (κ2) is 9.46. The van der Waals surface area contributed by atoms with Crippen molar-refractivity contribution < 1.29 is 9.53 Å². The van der Waals surface area contributed by atoms with E-state index in [0.717, 1.165) is 16.9 Å². The Morgan fingerprint density at radius 3 is 2.65 bits per heavy atom. The molecule has 0 aliphatic carbocycles. The number of ether oxygens (including phenoxy) is 1. The minimum Gasteiger partial charge on any atom is -0.494 e. The van der Waals surface area contributed by atoms with Crippen LogP contribution >= 0.6 is 12.2 Å². The average molecular weight is 478 g/mol. The highest BCUT2D eigenvalue weighted by Crippen LogP contribution is 2.43. The summed E-state index contributed by atoms with van der Waals surface area (Å²) in [4.78, 5) is 18.7. The molecule has 34 heavy (non-hydrogen) atoms. The standard InChI is InChI=1S/C26H31N5O2S/c1-6-22(32)28-19-11-10-18(15-21(19)33-5)31-24(17-12-14-30(16-17)26(2,3)4)23(29-25(31)34)20-9-7-8-13-27-20/h7-16,23-24H,6H2,1-5H3,(H,28,32)(H,29,34)/t23-,24-/m0/s1. The molecule has 2 atom stereocenters. The molecule has 8 heteroatoms. The van der Waals surface area contributed by atoms with Crippen LogP contribution < -0.4 is 20.3 Å². The first-order chi connectivity index (χ1) is 16.2. The minimum absolute atomic E-state index is 0.0432. The van der Waals surface area contributed by atoms with Crippen molar-refractivity contribution in [2.75, 3.05) is 17.3 Å². The zero-order valence-corrected chi connectivity index (χ0v) is 21.0. The summed E-state index contributed by atoms with van der Waals surface area (Å²) in [6, 6.07) is 13.5. The number of carbonyl (C=O) groups is 1. The predicted molar refractivity (Wildman–Crippen MR) is 139 cm³/mol. The number of pyridine rings is 1. The summed E-state index contributed by atoms with van der Waals surface area (Å²) in [6.45, 7) is 8.35. The average Bonchev–Trinajstić information content (AvgIpc) is 3.44. The van der Waals surface area contributed by atoms with Crippen molar-refractivity contribution in [1.29, 1.82) is 0 Å². The number of hydrogen-bond donors (Lipinski definition) is 2. The lowest BCUT2D eigenvalue weighted by Gasteiger charge is -2.28. The van der Waals surface area contributed by atoms with Gasteiger partial charge in [-0.25, -0.2) is 0 Å². The van der Waals surface area contributed by atoms with E-state index in [-0.39, 0.29) is 23.5 Å². The van der Waals surface area contributed by atoms with Crippen molar-refractivity contribution in [1.82, 2.24) is 14.9 Å². The van der Waals surface area contributed by atoms with Crippen LogP contribution in [0.25, 0.3) is 0 Å². The number of carbonyl (C=O) groups excluding carboxylic acids is 1. The maximum Gasteiger partial charge on any atom is 0.224 e. The van der Waals surface area contributed by atoms with Gasteiger partial charge in [0, 0.05) is 42.3 Å². The number of anilines is 2. The number of aromatic nitrogens is 2. The molecule has 178 valence electrons. The molecule has 0 saturated carbocycles. The molecule has 3 heterocycles. The van der Waals surface area contributed by atoms with Gasteiger partial charge < -0.3 is 24.8 Å². The third kappa shape index (κ3) is 4.63. The number of benzene rings is 1. The lowest BCUT2D eigenvalue weighted by Crippen LogP contribution is -2.29. The summed E-state index contributed by atoms with van der Waals surface area (Å²) in [5.74, 6) is 0.510. The van der Waals surface area contributed by atoms with Crippen LogP contribution in [-0.4, -0.2) is 27.7 Å². The van der Waals surface area contributed by atoms with Crippen LogP contribution in [0.1, 0.15) is 57.5 Å². The van der Waals surface area contributed by atoms with Crippen LogP contribution in [0, 0.1) is 0 Å². The molecule has 1 saturated heterocycles. The molecule has 0 spiro atoms. The van der Waals surface area contributed by atoms with Gasteiger partial charge in [-0.1, -0.05) is 13.0 Å². The van der Waals surface area contributed by atoms with E-state index in [1.165, 1.54) is 0 Å². The second-order valence-corrected chi connectivity index (χ2v) is 9.69. The van der Waals surface area contributed by atoms with Crippen LogP contribution in [0.3, 0.4) is 0 Å². The third-order valence-corrected chi connectivity index (χ3v) is 6.30. The molecule has 7 nitrogen and oxygen atoms in total. The van der Waals surface area contributed by atoms with E-state index in [0.29, 0.717) is 23.0 Å². The third-order valence-electron chi connectivity index (χ3n) is 5.99. The van der Waals surface area contributed by atoms with Gasteiger partial charge in [-0.15, -0.1) is 0 Å². The Morgan fingerprint density at radius 1 is 1.24 bits per heavy atom. The number of methoxy groups -OCH3 is 1. The fraction of sp³-hybridized carbons (Fsp3) is 0.346. The van der Waals surface area contributed by atoms with Crippen molar-refractivity contribution in [3.63, 3.8) is 0 Å². The SMILES string of the molecule is CCC(=O)Nc1ccc(N2C(=S)N[C@@H](c3ccccn3)[C@@H]2c2ccn(C(C)(C)C)c2)cc1OC. The summed E-state index contributed by atoms with van der Waals surface area (Å²) in [5, 5.41) is 6.99. The summed E-state index contributed by atoms with van der Waals surface area (Å²) in [5.41, 5.74) is 3.50. The number of amides is 1. The minimum atomic E-state index is -0.130. The number of rotatable bonds is 6. The molecule has 0 bridgehead atoms. The molecule has 1 aliphatic rings. The maximum absolute atomic E-state index is 11.9. The van der Waals surface area contributed by atoms with Gasteiger partial charge in [-0.3, -0.25) is 9.78 Å². The maximum atomic E-state index is 11.9. The van der Waals surface area contributed by atoms with E-state index >= 15 is 0 Å². The first-order valence-electron chi connectivity index (χ1n) is 11.4. The summed E-state index contributed by atoms with van der Waals surface area (Å²) < 4.78 is 7.82. The van der Waals surface area contributed by atoms with Gasteiger partial charge in [0.05, 0.1) is 30.6 Å². The molecule has 2 aromatic heterocycles. The topological polar surface area (TPSA) is 71.4 Å². The van der Waals surface area contributed by atoms with E-state index in [9.17, 15) is 4.79 Å². The highest BCUT2D eigenvalue weighted by atomic mass is 32.1. The number of hydrogen-bond acceptors (Lipinski definition) is 4. The van der Waals surface area contributed by atoms with Gasteiger partial charge in [0.25, 0.3) is 0 Å². The van der Waals surface area contributed by atoms with Crippen LogP contribution in [0.15, 0.2) is 61.1 Å². The van der Waals surface area contributed by atoms with Crippen molar-refractivity contribution in [2.24, 2.45) is 0 Å². The second-order valence-electron chi connectivity index (χ2n) is 9.31. The van der Waals surface area contributed by atoms with Gasteiger partial charge >= 0.3 is 0 Å². The molecule has 1 aromatic carbocycles. The van der Waals surface area contributed by atoms with E-state index < -0.39 is 0 Å². The van der Waals surface area contributed by atoms with Crippen molar-refractivity contribution in [3.8, 4) is 5.75 Å². The molecule has 0 unspecified atom stereocenters. The molecule has 1 fully saturated rings. The van der Waals surface area contributed by atoms with Gasteiger partial charge in [0.15, 0.2) is 5.11 Å². The van der Waals surface area contributed by atoms with Crippen LogP contribution in [0.2, 0.25) is 0 Å². The molecule has 4 rings (SSSR count).